The summed E-state index contributed by atoms with van der Waals surface area (Å²) in [5, 5.41) is 0. The molecule has 7 heteroatoms. The van der Waals surface area contributed by atoms with Crippen molar-refractivity contribution >= 4 is 23.3 Å². The molecule has 4 rings (SSSR count). The van der Waals surface area contributed by atoms with Gasteiger partial charge in [-0.05, 0) is 36.6 Å². The lowest BCUT2D eigenvalue weighted by Gasteiger charge is -2.36. The van der Waals surface area contributed by atoms with E-state index in [4.69, 9.17) is 0 Å². The summed E-state index contributed by atoms with van der Waals surface area (Å²) in [6.07, 6.45) is 3.45. The summed E-state index contributed by atoms with van der Waals surface area (Å²) in [5.41, 5.74) is 4.07. The van der Waals surface area contributed by atoms with E-state index in [-0.39, 0.29) is 11.8 Å². The molecule has 2 aliphatic heterocycles. The van der Waals surface area contributed by atoms with Gasteiger partial charge >= 0.3 is 0 Å². The third-order valence-corrected chi connectivity index (χ3v) is 5.49. The van der Waals surface area contributed by atoms with Crippen LogP contribution in [-0.4, -0.2) is 64.8 Å². The van der Waals surface area contributed by atoms with Gasteiger partial charge in [0.25, 0.3) is 11.8 Å². The van der Waals surface area contributed by atoms with Crippen LogP contribution in [0.25, 0.3) is 5.57 Å². The molecule has 0 aliphatic carbocycles. The Balaban J connectivity index is 1.65. The number of rotatable bonds is 3. The van der Waals surface area contributed by atoms with Crippen molar-refractivity contribution in [2.75, 3.05) is 38.1 Å². The van der Waals surface area contributed by atoms with E-state index in [0.29, 0.717) is 43.4 Å². The molecule has 1 aromatic heterocycles. The molecule has 0 radical (unpaired) electrons. The molecule has 0 saturated carbocycles. The van der Waals surface area contributed by atoms with E-state index in [2.05, 4.69) is 14.9 Å². The van der Waals surface area contributed by atoms with Gasteiger partial charge in [-0.3, -0.25) is 14.5 Å². The smallest absolute Gasteiger partial charge is 0.277 e. The van der Waals surface area contributed by atoms with Gasteiger partial charge in [-0.2, -0.15) is 0 Å². The molecular weight excluding hydrogens is 354 g/mol. The number of aromatic nitrogens is 2. The van der Waals surface area contributed by atoms with E-state index in [1.807, 2.05) is 36.9 Å². The average molecular weight is 377 g/mol. The SMILES string of the molecule is Cc1ccc(C2=C(N3CCN(c4ncccn4)CC3)C(=O)N(C)C2=O)cc1C. The lowest BCUT2D eigenvalue weighted by molar-refractivity contribution is -0.135. The van der Waals surface area contributed by atoms with E-state index in [0.717, 1.165) is 16.7 Å². The third kappa shape index (κ3) is 3.02. The fourth-order valence-corrected chi connectivity index (χ4v) is 3.66. The van der Waals surface area contributed by atoms with E-state index in [1.165, 1.54) is 4.90 Å². The number of likely N-dealkylation sites (N-methyl/N-ethyl adjacent to an activating group) is 1. The number of carbonyl (C=O) groups excluding carboxylic acids is 2. The van der Waals surface area contributed by atoms with Crippen molar-refractivity contribution < 1.29 is 9.59 Å². The number of carbonyl (C=O) groups is 2. The largest absolute Gasteiger partial charge is 0.363 e. The first-order valence-electron chi connectivity index (χ1n) is 9.38. The minimum Gasteiger partial charge on any atom is -0.363 e. The van der Waals surface area contributed by atoms with Gasteiger partial charge in [0.2, 0.25) is 5.95 Å². The third-order valence-electron chi connectivity index (χ3n) is 5.49. The summed E-state index contributed by atoms with van der Waals surface area (Å²) in [5.74, 6) is 0.219. The Morgan fingerprint density at radius 3 is 2.14 bits per heavy atom. The molecule has 28 heavy (non-hydrogen) atoms. The molecule has 0 atom stereocenters. The monoisotopic (exact) mass is 377 g/mol. The first-order chi connectivity index (χ1) is 13.5. The summed E-state index contributed by atoms with van der Waals surface area (Å²) in [6.45, 7) is 6.71. The summed E-state index contributed by atoms with van der Waals surface area (Å²) >= 11 is 0. The highest BCUT2D eigenvalue weighted by molar-refractivity contribution is 6.35. The maximum Gasteiger partial charge on any atom is 0.277 e. The molecule has 1 fully saturated rings. The molecule has 2 aliphatic rings. The Labute approximate surface area is 164 Å². The van der Waals surface area contributed by atoms with Crippen molar-refractivity contribution in [3.63, 3.8) is 0 Å². The average Bonchev–Trinajstić information content (AvgIpc) is 2.95. The minimum absolute atomic E-state index is 0.234. The van der Waals surface area contributed by atoms with Gasteiger partial charge in [-0.25, -0.2) is 9.97 Å². The van der Waals surface area contributed by atoms with Crippen LogP contribution in [0.5, 0.6) is 0 Å². The van der Waals surface area contributed by atoms with Gasteiger partial charge in [0.05, 0.1) is 5.57 Å². The van der Waals surface area contributed by atoms with Crippen LogP contribution in [-0.2, 0) is 9.59 Å². The molecule has 0 N–H and O–H groups in total. The second-order valence-electron chi connectivity index (χ2n) is 7.21. The number of anilines is 1. The van der Waals surface area contributed by atoms with E-state index >= 15 is 0 Å². The van der Waals surface area contributed by atoms with Crippen molar-refractivity contribution in [2.45, 2.75) is 13.8 Å². The van der Waals surface area contributed by atoms with Gasteiger partial charge < -0.3 is 9.80 Å². The number of benzene rings is 1. The maximum absolute atomic E-state index is 12.9. The fourth-order valence-electron chi connectivity index (χ4n) is 3.66. The van der Waals surface area contributed by atoms with E-state index in [1.54, 1.807) is 25.5 Å². The predicted octanol–water partition coefficient (Wildman–Crippen LogP) is 1.63. The van der Waals surface area contributed by atoms with Crippen LogP contribution >= 0.6 is 0 Å². The number of hydrogen-bond acceptors (Lipinski definition) is 6. The van der Waals surface area contributed by atoms with Crippen LogP contribution in [0.3, 0.4) is 0 Å². The Morgan fingerprint density at radius 2 is 1.50 bits per heavy atom. The molecule has 2 amide bonds. The second-order valence-corrected chi connectivity index (χ2v) is 7.21. The standard InChI is InChI=1S/C21H23N5O2/c1-14-5-6-16(13-15(14)2)17-18(20(28)24(3)19(17)27)25-9-11-26(12-10-25)21-22-7-4-8-23-21/h4-8,13H,9-12H2,1-3H3. The van der Waals surface area contributed by atoms with Crippen LogP contribution in [0.4, 0.5) is 5.95 Å². The lowest BCUT2D eigenvalue weighted by Crippen LogP contribution is -2.48. The molecule has 2 aromatic rings. The molecule has 0 bridgehead atoms. The van der Waals surface area contributed by atoms with Crippen molar-refractivity contribution in [1.29, 1.82) is 0 Å². The summed E-state index contributed by atoms with van der Waals surface area (Å²) in [7, 11) is 1.55. The molecule has 1 aromatic carbocycles. The van der Waals surface area contributed by atoms with Crippen LogP contribution < -0.4 is 4.90 Å². The molecule has 144 valence electrons. The number of piperazine rings is 1. The van der Waals surface area contributed by atoms with Crippen LogP contribution in [0.2, 0.25) is 0 Å². The van der Waals surface area contributed by atoms with Crippen LogP contribution in [0, 0.1) is 13.8 Å². The molecule has 1 saturated heterocycles. The van der Waals surface area contributed by atoms with E-state index in [9.17, 15) is 9.59 Å². The predicted molar refractivity (Wildman–Crippen MR) is 106 cm³/mol. The number of amides is 2. The highest BCUT2D eigenvalue weighted by Crippen LogP contribution is 2.32. The molecular formula is C21H23N5O2. The van der Waals surface area contributed by atoms with Gasteiger partial charge in [-0.1, -0.05) is 18.2 Å². The Hall–Kier alpha value is -3.22. The minimum atomic E-state index is -0.239. The summed E-state index contributed by atoms with van der Waals surface area (Å²) < 4.78 is 0. The Kier molecular flexibility index (Phi) is 4.58. The normalized spacial score (nSPS) is 17.8. The first-order valence-corrected chi connectivity index (χ1v) is 9.38. The maximum atomic E-state index is 12.9. The van der Waals surface area contributed by atoms with Crippen molar-refractivity contribution in [3.8, 4) is 0 Å². The number of imide groups is 1. The summed E-state index contributed by atoms with van der Waals surface area (Å²) in [4.78, 5) is 39.6. The quantitative estimate of drug-likeness (QED) is 0.758. The molecule has 0 unspecified atom stereocenters. The Morgan fingerprint density at radius 1 is 0.857 bits per heavy atom. The number of nitrogens with zero attached hydrogens (tertiary/aromatic N) is 5. The van der Waals surface area contributed by atoms with Crippen LogP contribution in [0.1, 0.15) is 16.7 Å². The zero-order chi connectivity index (χ0) is 19.8. The molecule has 7 nitrogen and oxygen atoms in total. The zero-order valence-electron chi connectivity index (χ0n) is 16.3. The lowest BCUT2D eigenvalue weighted by atomic mass is 9.99. The fraction of sp³-hybridized carbons (Fsp3) is 0.333. The van der Waals surface area contributed by atoms with Gasteiger partial charge in [0.15, 0.2) is 0 Å². The zero-order valence-corrected chi connectivity index (χ0v) is 16.3. The van der Waals surface area contributed by atoms with Crippen molar-refractivity contribution in [2.24, 2.45) is 0 Å². The highest BCUT2D eigenvalue weighted by Gasteiger charge is 2.40. The summed E-state index contributed by atoms with van der Waals surface area (Å²) in [6, 6.07) is 7.70. The van der Waals surface area contributed by atoms with Gasteiger partial charge in [-0.15, -0.1) is 0 Å². The van der Waals surface area contributed by atoms with E-state index < -0.39 is 0 Å². The molecule has 3 heterocycles. The van der Waals surface area contributed by atoms with Gasteiger partial charge in [0, 0.05) is 45.6 Å². The van der Waals surface area contributed by atoms with Gasteiger partial charge in [0.1, 0.15) is 5.70 Å². The highest BCUT2D eigenvalue weighted by atomic mass is 16.2. The van der Waals surface area contributed by atoms with Crippen molar-refractivity contribution in [1.82, 2.24) is 19.8 Å². The first kappa shape index (κ1) is 18.2. The Bertz CT molecular complexity index is 962. The molecule has 0 spiro atoms. The van der Waals surface area contributed by atoms with Crippen LogP contribution in [0.15, 0.2) is 42.4 Å². The number of hydrogen-bond donors (Lipinski definition) is 0. The van der Waals surface area contributed by atoms with Crippen molar-refractivity contribution in [3.05, 3.63) is 59.0 Å². The topological polar surface area (TPSA) is 69.6 Å². The number of aryl methyl sites for hydroxylation is 2. The second kappa shape index (κ2) is 7.07.